The van der Waals surface area contributed by atoms with E-state index in [1.165, 1.54) is 18.5 Å². The lowest BCUT2D eigenvalue weighted by Crippen LogP contribution is -1.99. The van der Waals surface area contributed by atoms with Crippen LogP contribution in [0.2, 0.25) is 0 Å². The lowest BCUT2D eigenvalue weighted by Gasteiger charge is -1.96. The molecular formula is C9H6N2O3. The van der Waals surface area contributed by atoms with E-state index in [0.717, 1.165) is 0 Å². The van der Waals surface area contributed by atoms with Gasteiger partial charge in [-0.3, -0.25) is 0 Å². The summed E-state index contributed by atoms with van der Waals surface area (Å²) in [6, 6.07) is 4.75. The molecule has 0 radical (unpaired) electrons. The minimum atomic E-state index is -1.06. The third-order valence-electron chi connectivity index (χ3n) is 1.70. The van der Waals surface area contributed by atoms with E-state index in [4.69, 9.17) is 9.63 Å². The van der Waals surface area contributed by atoms with Gasteiger partial charge in [-0.2, -0.15) is 0 Å². The third kappa shape index (κ3) is 1.47. The minimum absolute atomic E-state index is 0.0149. The van der Waals surface area contributed by atoms with Crippen LogP contribution in [0, 0.1) is 0 Å². The SMILES string of the molecule is O=C(O)c1cc(-c2ccno2)ccn1. The van der Waals surface area contributed by atoms with E-state index in [1.807, 2.05) is 0 Å². The van der Waals surface area contributed by atoms with Gasteiger partial charge in [-0.1, -0.05) is 5.16 Å². The maximum Gasteiger partial charge on any atom is 0.354 e. The van der Waals surface area contributed by atoms with Gasteiger partial charge in [0, 0.05) is 17.8 Å². The van der Waals surface area contributed by atoms with Gasteiger partial charge < -0.3 is 9.63 Å². The molecule has 5 heteroatoms. The molecule has 0 fully saturated rings. The first-order valence-corrected chi connectivity index (χ1v) is 3.88. The van der Waals surface area contributed by atoms with Crippen LogP contribution in [0.4, 0.5) is 0 Å². The van der Waals surface area contributed by atoms with Crippen molar-refractivity contribution >= 4 is 5.97 Å². The first kappa shape index (κ1) is 8.43. The molecule has 0 amide bonds. The molecule has 0 aliphatic carbocycles. The molecule has 14 heavy (non-hydrogen) atoms. The molecule has 0 spiro atoms. The number of pyridine rings is 1. The van der Waals surface area contributed by atoms with E-state index < -0.39 is 5.97 Å². The molecular weight excluding hydrogens is 184 g/mol. The van der Waals surface area contributed by atoms with Gasteiger partial charge in [0.15, 0.2) is 5.76 Å². The molecule has 5 nitrogen and oxygen atoms in total. The highest BCUT2D eigenvalue weighted by Crippen LogP contribution is 2.18. The minimum Gasteiger partial charge on any atom is -0.477 e. The number of aromatic nitrogens is 2. The van der Waals surface area contributed by atoms with Crippen LogP contribution >= 0.6 is 0 Å². The Labute approximate surface area is 79.0 Å². The van der Waals surface area contributed by atoms with Crippen molar-refractivity contribution in [3.8, 4) is 11.3 Å². The molecule has 0 aliphatic heterocycles. The fourth-order valence-corrected chi connectivity index (χ4v) is 1.07. The fourth-order valence-electron chi connectivity index (χ4n) is 1.07. The van der Waals surface area contributed by atoms with E-state index in [0.29, 0.717) is 11.3 Å². The summed E-state index contributed by atoms with van der Waals surface area (Å²) in [7, 11) is 0. The number of carbonyl (C=O) groups is 1. The zero-order valence-corrected chi connectivity index (χ0v) is 7.04. The van der Waals surface area contributed by atoms with E-state index in [-0.39, 0.29) is 5.69 Å². The van der Waals surface area contributed by atoms with E-state index in [2.05, 4.69) is 10.1 Å². The monoisotopic (exact) mass is 190 g/mol. The molecule has 1 N–H and O–H groups in total. The Bertz CT molecular complexity index is 451. The highest BCUT2D eigenvalue weighted by Gasteiger charge is 2.07. The maximum absolute atomic E-state index is 10.6. The van der Waals surface area contributed by atoms with Gasteiger partial charge in [-0.25, -0.2) is 9.78 Å². The van der Waals surface area contributed by atoms with Crippen LogP contribution in [0.1, 0.15) is 10.5 Å². The van der Waals surface area contributed by atoms with Gasteiger partial charge in [-0.15, -0.1) is 0 Å². The Hall–Kier alpha value is -2.17. The first-order valence-electron chi connectivity index (χ1n) is 3.88. The summed E-state index contributed by atoms with van der Waals surface area (Å²) in [6.07, 6.45) is 2.91. The summed E-state index contributed by atoms with van der Waals surface area (Å²) in [5.74, 6) is -0.540. The number of carboxylic acids is 1. The number of aromatic carboxylic acids is 1. The Morgan fingerprint density at radius 2 is 2.21 bits per heavy atom. The predicted molar refractivity (Wildman–Crippen MR) is 46.7 cm³/mol. The van der Waals surface area contributed by atoms with Crippen molar-refractivity contribution in [2.45, 2.75) is 0 Å². The molecule has 0 atom stereocenters. The van der Waals surface area contributed by atoms with Crippen LogP contribution in [0.3, 0.4) is 0 Å². The lowest BCUT2D eigenvalue weighted by molar-refractivity contribution is 0.0690. The summed E-state index contributed by atoms with van der Waals surface area (Å²) in [5, 5.41) is 12.2. The number of rotatable bonds is 2. The number of carboxylic acid groups (broad SMARTS) is 1. The Kier molecular flexibility index (Phi) is 1.98. The average Bonchev–Trinajstić information content (AvgIpc) is 2.71. The zero-order valence-electron chi connectivity index (χ0n) is 7.04. The number of nitrogens with zero attached hydrogens (tertiary/aromatic N) is 2. The van der Waals surface area contributed by atoms with Gasteiger partial charge in [0.25, 0.3) is 0 Å². The second kappa shape index (κ2) is 3.29. The Morgan fingerprint density at radius 3 is 2.86 bits per heavy atom. The third-order valence-corrected chi connectivity index (χ3v) is 1.70. The zero-order chi connectivity index (χ0) is 9.97. The van der Waals surface area contributed by atoms with E-state index in [1.54, 1.807) is 12.1 Å². The number of hydrogen-bond acceptors (Lipinski definition) is 4. The van der Waals surface area contributed by atoms with Crippen molar-refractivity contribution in [1.29, 1.82) is 0 Å². The van der Waals surface area contributed by atoms with Crippen LogP contribution in [0.25, 0.3) is 11.3 Å². The Balaban J connectivity index is 2.46. The highest BCUT2D eigenvalue weighted by molar-refractivity contribution is 5.86. The summed E-state index contributed by atoms with van der Waals surface area (Å²) >= 11 is 0. The van der Waals surface area contributed by atoms with Crippen molar-refractivity contribution < 1.29 is 14.4 Å². The molecule has 0 saturated carbocycles. The molecule has 2 aromatic heterocycles. The van der Waals surface area contributed by atoms with Crippen molar-refractivity contribution in [2.75, 3.05) is 0 Å². The fraction of sp³-hybridized carbons (Fsp3) is 0. The summed E-state index contributed by atoms with van der Waals surface area (Å²) in [6.45, 7) is 0. The van der Waals surface area contributed by atoms with Crippen LogP contribution in [0.5, 0.6) is 0 Å². The summed E-state index contributed by atoms with van der Waals surface area (Å²) in [4.78, 5) is 14.3. The summed E-state index contributed by atoms with van der Waals surface area (Å²) < 4.78 is 4.88. The highest BCUT2D eigenvalue weighted by atomic mass is 16.5. The lowest BCUT2D eigenvalue weighted by atomic mass is 10.2. The van der Waals surface area contributed by atoms with Crippen LogP contribution < -0.4 is 0 Å². The molecule has 0 unspecified atom stereocenters. The molecule has 0 aromatic carbocycles. The normalized spacial score (nSPS) is 10.0. The van der Waals surface area contributed by atoms with E-state index >= 15 is 0 Å². The maximum atomic E-state index is 10.6. The molecule has 0 aliphatic rings. The summed E-state index contributed by atoms with van der Waals surface area (Å²) in [5.41, 5.74) is 0.633. The predicted octanol–water partition coefficient (Wildman–Crippen LogP) is 1.43. The topological polar surface area (TPSA) is 76.2 Å². The molecule has 2 heterocycles. The standard InChI is InChI=1S/C9H6N2O3/c12-9(13)7-5-6(1-3-10-7)8-2-4-11-14-8/h1-5H,(H,12,13). The molecule has 70 valence electrons. The van der Waals surface area contributed by atoms with Gasteiger partial charge in [0.2, 0.25) is 0 Å². The second-order valence-electron chi connectivity index (χ2n) is 2.61. The van der Waals surface area contributed by atoms with Gasteiger partial charge in [-0.05, 0) is 12.1 Å². The van der Waals surface area contributed by atoms with Gasteiger partial charge in [0.05, 0.1) is 6.20 Å². The Morgan fingerprint density at radius 1 is 1.36 bits per heavy atom. The van der Waals surface area contributed by atoms with Crippen molar-refractivity contribution in [3.05, 3.63) is 36.3 Å². The number of hydrogen-bond donors (Lipinski definition) is 1. The van der Waals surface area contributed by atoms with Crippen LogP contribution in [-0.2, 0) is 0 Å². The smallest absolute Gasteiger partial charge is 0.354 e. The average molecular weight is 190 g/mol. The molecule has 2 aromatic rings. The van der Waals surface area contributed by atoms with Crippen LogP contribution in [0.15, 0.2) is 35.1 Å². The van der Waals surface area contributed by atoms with Gasteiger partial charge in [0.1, 0.15) is 5.69 Å². The first-order chi connectivity index (χ1) is 6.77. The molecule has 0 bridgehead atoms. The quantitative estimate of drug-likeness (QED) is 0.775. The molecule has 0 saturated heterocycles. The van der Waals surface area contributed by atoms with E-state index in [9.17, 15) is 4.79 Å². The van der Waals surface area contributed by atoms with Crippen molar-refractivity contribution in [2.24, 2.45) is 0 Å². The second-order valence-corrected chi connectivity index (χ2v) is 2.61. The van der Waals surface area contributed by atoms with Crippen LogP contribution in [-0.4, -0.2) is 21.2 Å². The van der Waals surface area contributed by atoms with Crippen molar-refractivity contribution in [1.82, 2.24) is 10.1 Å². The van der Waals surface area contributed by atoms with Gasteiger partial charge >= 0.3 is 5.97 Å². The largest absolute Gasteiger partial charge is 0.477 e. The molecule has 2 rings (SSSR count). The van der Waals surface area contributed by atoms with Crippen molar-refractivity contribution in [3.63, 3.8) is 0 Å².